The molecule has 11 nitrogen and oxygen atoms in total. The van der Waals surface area contributed by atoms with Crippen molar-refractivity contribution in [2.45, 2.75) is 6.92 Å². The van der Waals surface area contributed by atoms with Gasteiger partial charge in [-0.05, 0) is 55.5 Å². The number of hydrogen-bond acceptors (Lipinski definition) is 8. The fourth-order valence-electron chi connectivity index (χ4n) is 3.96. The first-order chi connectivity index (χ1) is 18.7. The lowest BCUT2D eigenvalue weighted by Crippen LogP contribution is -2.11. The highest BCUT2D eigenvalue weighted by molar-refractivity contribution is 6.02. The number of hydrogen-bond donors (Lipinski definition) is 3. The number of nitrogens with one attached hydrogen (secondary N) is 2. The minimum atomic E-state index is -1.11. The van der Waals surface area contributed by atoms with Crippen LogP contribution in [-0.4, -0.2) is 38.0 Å². The van der Waals surface area contributed by atoms with Gasteiger partial charge in [-0.3, -0.25) is 9.59 Å². The van der Waals surface area contributed by atoms with E-state index in [1.807, 2.05) is 19.1 Å². The first-order valence-corrected chi connectivity index (χ1v) is 11.6. The molecule has 39 heavy (non-hydrogen) atoms. The summed E-state index contributed by atoms with van der Waals surface area (Å²) in [7, 11) is 1.50. The van der Waals surface area contributed by atoms with Gasteiger partial charge in [0.15, 0.2) is 28.7 Å². The summed E-state index contributed by atoms with van der Waals surface area (Å²) in [6, 6.07) is 17.0. The molecule has 0 aliphatic rings. The van der Waals surface area contributed by atoms with Gasteiger partial charge in [-0.1, -0.05) is 12.6 Å². The number of fused-ring (bicyclic) bond motifs is 1. The number of halogens is 1. The molecule has 0 bridgehead atoms. The van der Waals surface area contributed by atoms with E-state index < -0.39 is 17.3 Å². The van der Waals surface area contributed by atoms with E-state index in [1.165, 1.54) is 11.8 Å². The van der Waals surface area contributed by atoms with Crippen molar-refractivity contribution in [2.24, 2.45) is 0 Å². The standard InChI is InChI=1S/C27H22FN7O4/c1-14-5-4-6-21(30-14)39-19-12-7-16(13-20(19)38-3)24-22-23(27(37)33-32-25(22)29)34-35(24)18-10-8-17(9-11-18)31-26(36)15(2)28/h4-13H,2H2,1,3H3,(H2,29,32)(H,31,36)(H,33,37). The Hall–Kier alpha value is -5.52. The lowest BCUT2D eigenvalue weighted by molar-refractivity contribution is -0.114. The average molecular weight is 528 g/mol. The third-order valence-corrected chi connectivity index (χ3v) is 5.77. The van der Waals surface area contributed by atoms with E-state index >= 15 is 0 Å². The van der Waals surface area contributed by atoms with Crippen LogP contribution < -0.4 is 26.1 Å². The molecule has 0 aliphatic heterocycles. The Balaban J connectivity index is 1.63. The van der Waals surface area contributed by atoms with Crippen molar-refractivity contribution in [1.82, 2.24) is 25.0 Å². The van der Waals surface area contributed by atoms with Crippen LogP contribution in [-0.2, 0) is 4.79 Å². The monoisotopic (exact) mass is 527 g/mol. The number of methoxy groups -OCH3 is 1. The van der Waals surface area contributed by atoms with Crippen LogP contribution in [0.3, 0.4) is 0 Å². The Morgan fingerprint density at radius 2 is 1.90 bits per heavy atom. The van der Waals surface area contributed by atoms with Gasteiger partial charge in [0.1, 0.15) is 0 Å². The normalized spacial score (nSPS) is 10.8. The van der Waals surface area contributed by atoms with Crippen LogP contribution >= 0.6 is 0 Å². The van der Waals surface area contributed by atoms with Gasteiger partial charge in [-0.15, -0.1) is 0 Å². The van der Waals surface area contributed by atoms with Gasteiger partial charge in [-0.25, -0.2) is 19.2 Å². The summed E-state index contributed by atoms with van der Waals surface area (Å²) in [5.41, 5.74) is 8.47. The summed E-state index contributed by atoms with van der Waals surface area (Å²) < 4.78 is 26.2. The molecule has 3 heterocycles. The van der Waals surface area contributed by atoms with Gasteiger partial charge < -0.3 is 20.5 Å². The zero-order chi connectivity index (χ0) is 27.7. The molecule has 0 unspecified atom stereocenters. The van der Waals surface area contributed by atoms with Crippen LogP contribution in [0.15, 0.2) is 77.9 Å². The maximum atomic E-state index is 13.1. The Morgan fingerprint density at radius 3 is 2.59 bits per heavy atom. The molecule has 12 heteroatoms. The second kappa shape index (κ2) is 10.1. The van der Waals surface area contributed by atoms with E-state index in [-0.39, 0.29) is 11.3 Å². The predicted octanol–water partition coefficient (Wildman–Crippen LogP) is 4.28. The Bertz CT molecular complexity index is 1800. The van der Waals surface area contributed by atoms with E-state index in [0.717, 1.165) is 5.69 Å². The van der Waals surface area contributed by atoms with Crippen LogP contribution in [0.1, 0.15) is 5.69 Å². The summed E-state index contributed by atoms with van der Waals surface area (Å²) in [5, 5.41) is 13.5. The van der Waals surface area contributed by atoms with Crippen molar-refractivity contribution in [2.75, 3.05) is 18.2 Å². The number of benzene rings is 2. The molecule has 0 spiro atoms. The molecule has 0 fully saturated rings. The number of aryl methyl sites for hydroxylation is 1. The fraction of sp³-hybridized carbons (Fsp3) is 0.0741. The first-order valence-electron chi connectivity index (χ1n) is 11.6. The largest absolute Gasteiger partial charge is 0.493 e. The van der Waals surface area contributed by atoms with Crippen molar-refractivity contribution in [1.29, 1.82) is 0 Å². The number of carbonyl (C=O) groups is 1. The van der Waals surface area contributed by atoms with Crippen molar-refractivity contribution in [3.63, 3.8) is 0 Å². The van der Waals surface area contributed by atoms with Gasteiger partial charge in [0.2, 0.25) is 5.88 Å². The summed E-state index contributed by atoms with van der Waals surface area (Å²) >= 11 is 0. The number of H-pyrrole nitrogens is 1. The maximum Gasteiger partial charge on any atom is 0.292 e. The van der Waals surface area contributed by atoms with E-state index in [2.05, 4.69) is 32.2 Å². The van der Waals surface area contributed by atoms with Crippen LogP contribution in [0, 0.1) is 6.92 Å². The molecular weight excluding hydrogens is 505 g/mol. The number of nitrogens with zero attached hydrogens (tertiary/aromatic N) is 4. The molecule has 0 saturated heterocycles. The number of rotatable bonds is 7. The molecule has 0 radical (unpaired) electrons. The fourth-order valence-corrected chi connectivity index (χ4v) is 3.96. The van der Waals surface area contributed by atoms with Crippen LogP contribution in [0.5, 0.6) is 17.4 Å². The molecule has 0 aliphatic carbocycles. The number of amides is 1. The van der Waals surface area contributed by atoms with Crippen molar-refractivity contribution in [3.8, 4) is 34.3 Å². The zero-order valence-electron chi connectivity index (χ0n) is 20.9. The minimum absolute atomic E-state index is 0.0689. The van der Waals surface area contributed by atoms with E-state index in [0.29, 0.717) is 45.4 Å². The molecule has 2 aromatic carbocycles. The highest BCUT2D eigenvalue weighted by Crippen LogP contribution is 2.39. The molecule has 196 valence electrons. The molecular formula is C27H22FN7O4. The van der Waals surface area contributed by atoms with Gasteiger partial charge in [0.05, 0.1) is 23.9 Å². The minimum Gasteiger partial charge on any atom is -0.493 e. The summed E-state index contributed by atoms with van der Waals surface area (Å²) in [4.78, 5) is 28.6. The van der Waals surface area contributed by atoms with E-state index in [1.54, 1.807) is 48.5 Å². The van der Waals surface area contributed by atoms with Crippen molar-refractivity contribution < 1.29 is 18.7 Å². The van der Waals surface area contributed by atoms with E-state index in [4.69, 9.17) is 15.2 Å². The highest BCUT2D eigenvalue weighted by Gasteiger charge is 2.22. The molecule has 5 aromatic rings. The van der Waals surface area contributed by atoms with Crippen LogP contribution in [0.4, 0.5) is 15.9 Å². The Kier molecular flexibility index (Phi) is 6.51. The number of nitrogen functional groups attached to an aromatic ring is 1. The number of carbonyl (C=O) groups excluding carboxylic acids is 1. The third kappa shape index (κ3) is 4.90. The number of aromatic nitrogens is 5. The highest BCUT2D eigenvalue weighted by atomic mass is 19.1. The first kappa shape index (κ1) is 25.1. The predicted molar refractivity (Wildman–Crippen MR) is 144 cm³/mol. The molecule has 1 amide bonds. The lowest BCUT2D eigenvalue weighted by atomic mass is 10.1. The summed E-state index contributed by atoms with van der Waals surface area (Å²) in [6.07, 6.45) is 0. The maximum absolute atomic E-state index is 13.1. The number of pyridine rings is 1. The van der Waals surface area contributed by atoms with Crippen LogP contribution in [0.25, 0.3) is 27.8 Å². The average Bonchev–Trinajstić information content (AvgIpc) is 3.33. The SMILES string of the molecule is C=C(F)C(=O)Nc1ccc(-n2nc3c(=O)[nH]nc(N)c3c2-c2ccc(Oc3cccc(C)n3)c(OC)c2)cc1. The quantitative estimate of drug-likeness (QED) is 0.265. The Morgan fingerprint density at radius 1 is 1.13 bits per heavy atom. The Labute approximate surface area is 220 Å². The number of ether oxygens (including phenoxy) is 2. The summed E-state index contributed by atoms with van der Waals surface area (Å²) in [5.74, 6) is -0.763. The topological polar surface area (TPSA) is 150 Å². The second-order valence-corrected chi connectivity index (χ2v) is 8.41. The van der Waals surface area contributed by atoms with E-state index in [9.17, 15) is 14.0 Å². The number of anilines is 2. The second-order valence-electron chi connectivity index (χ2n) is 8.41. The van der Waals surface area contributed by atoms with Gasteiger partial charge >= 0.3 is 0 Å². The number of aromatic amines is 1. The number of nitrogens with two attached hydrogens (primary N) is 1. The molecule has 3 aromatic heterocycles. The lowest BCUT2D eigenvalue weighted by Gasteiger charge is -2.14. The van der Waals surface area contributed by atoms with Gasteiger partial charge in [-0.2, -0.15) is 10.2 Å². The molecule has 4 N–H and O–H groups in total. The van der Waals surface area contributed by atoms with Crippen molar-refractivity contribution in [3.05, 3.63) is 89.1 Å². The molecule has 0 atom stereocenters. The van der Waals surface area contributed by atoms with Crippen LogP contribution in [0.2, 0.25) is 0 Å². The van der Waals surface area contributed by atoms with Crippen molar-refractivity contribution >= 4 is 28.3 Å². The smallest absolute Gasteiger partial charge is 0.292 e. The molecule has 5 rings (SSSR count). The zero-order valence-corrected chi connectivity index (χ0v) is 20.9. The van der Waals surface area contributed by atoms with Gasteiger partial charge in [0, 0.05) is 23.0 Å². The molecule has 0 saturated carbocycles. The van der Waals surface area contributed by atoms with Gasteiger partial charge in [0.25, 0.3) is 11.5 Å². The summed E-state index contributed by atoms with van der Waals surface area (Å²) in [6.45, 7) is 4.84. The third-order valence-electron chi connectivity index (χ3n) is 5.77.